The van der Waals surface area contributed by atoms with E-state index in [2.05, 4.69) is 10.3 Å². The first-order valence-electron chi connectivity index (χ1n) is 5.90. The third-order valence-electron chi connectivity index (χ3n) is 2.81. The number of hydrogen-bond donors (Lipinski definition) is 1. The normalized spacial score (nSPS) is 12.3. The van der Waals surface area contributed by atoms with Crippen LogP contribution in [0.5, 0.6) is 0 Å². The van der Waals surface area contributed by atoms with Gasteiger partial charge in [0.2, 0.25) is 0 Å². The van der Waals surface area contributed by atoms with Gasteiger partial charge in [-0.25, -0.2) is 0 Å². The van der Waals surface area contributed by atoms with E-state index in [9.17, 15) is 10.1 Å². The molecule has 1 heterocycles. The minimum atomic E-state index is -0.396. The molecule has 0 saturated carbocycles. The Labute approximate surface area is 110 Å². The van der Waals surface area contributed by atoms with E-state index in [1.807, 2.05) is 6.92 Å². The molecule has 0 amide bonds. The first-order chi connectivity index (χ1) is 9.13. The molecule has 0 spiro atoms. The van der Waals surface area contributed by atoms with Crippen molar-refractivity contribution in [3.05, 3.63) is 40.7 Å². The minimum Gasteiger partial charge on any atom is -0.383 e. The Hall–Kier alpha value is -2.21. The fourth-order valence-corrected chi connectivity index (χ4v) is 2.02. The lowest BCUT2D eigenvalue weighted by Crippen LogP contribution is -2.20. The number of non-ortho nitro benzene ring substituents is 1. The lowest BCUT2D eigenvalue weighted by atomic mass is 10.1. The summed E-state index contributed by atoms with van der Waals surface area (Å²) in [5.41, 5.74) is 0.903. The van der Waals surface area contributed by atoms with E-state index in [0.29, 0.717) is 12.0 Å². The molecule has 0 radical (unpaired) electrons. The van der Waals surface area contributed by atoms with Gasteiger partial charge in [0, 0.05) is 42.7 Å². The Morgan fingerprint density at radius 1 is 1.42 bits per heavy atom. The predicted molar refractivity (Wildman–Crippen MR) is 73.4 cm³/mol. The molecule has 19 heavy (non-hydrogen) atoms. The van der Waals surface area contributed by atoms with Crippen LogP contribution in [0.3, 0.4) is 0 Å². The SMILES string of the molecule is COC[C@H](C)Nc1ccc([N+](=O)[O-])c2cnccc12. The Morgan fingerprint density at radius 2 is 2.21 bits per heavy atom. The van der Waals surface area contributed by atoms with E-state index in [4.69, 9.17) is 4.74 Å². The Balaban J connectivity index is 2.46. The average molecular weight is 261 g/mol. The summed E-state index contributed by atoms with van der Waals surface area (Å²) in [5.74, 6) is 0. The monoisotopic (exact) mass is 261 g/mol. The van der Waals surface area contributed by atoms with E-state index in [1.54, 1.807) is 25.4 Å². The molecule has 0 fully saturated rings. The Bertz CT molecular complexity index is 601. The van der Waals surface area contributed by atoms with Gasteiger partial charge in [-0.3, -0.25) is 15.1 Å². The van der Waals surface area contributed by atoms with Crippen LogP contribution in [0.2, 0.25) is 0 Å². The van der Waals surface area contributed by atoms with Crippen LogP contribution in [0, 0.1) is 10.1 Å². The zero-order valence-electron chi connectivity index (χ0n) is 10.8. The fraction of sp³-hybridized carbons (Fsp3) is 0.308. The van der Waals surface area contributed by atoms with Gasteiger partial charge >= 0.3 is 0 Å². The van der Waals surface area contributed by atoms with Gasteiger partial charge in [0.1, 0.15) is 0 Å². The summed E-state index contributed by atoms with van der Waals surface area (Å²) in [4.78, 5) is 14.5. The lowest BCUT2D eigenvalue weighted by molar-refractivity contribution is -0.383. The number of benzene rings is 1. The number of fused-ring (bicyclic) bond motifs is 1. The van der Waals surface area contributed by atoms with Crippen LogP contribution in [0.15, 0.2) is 30.6 Å². The first-order valence-corrected chi connectivity index (χ1v) is 5.90. The third-order valence-corrected chi connectivity index (χ3v) is 2.81. The summed E-state index contributed by atoms with van der Waals surface area (Å²) in [5, 5.41) is 15.6. The van der Waals surface area contributed by atoms with Crippen molar-refractivity contribution in [1.29, 1.82) is 0 Å². The molecule has 2 rings (SSSR count). The maximum Gasteiger partial charge on any atom is 0.278 e. The molecule has 0 aliphatic rings. The summed E-state index contributed by atoms with van der Waals surface area (Å²) in [6.45, 7) is 2.54. The highest BCUT2D eigenvalue weighted by Crippen LogP contribution is 2.30. The van der Waals surface area contributed by atoms with E-state index >= 15 is 0 Å². The minimum absolute atomic E-state index is 0.0630. The molecule has 0 aliphatic heterocycles. The van der Waals surface area contributed by atoms with E-state index in [1.165, 1.54) is 12.3 Å². The average Bonchev–Trinajstić information content (AvgIpc) is 2.39. The summed E-state index contributed by atoms with van der Waals surface area (Å²) >= 11 is 0. The number of ether oxygens (including phenoxy) is 1. The molecule has 1 N–H and O–H groups in total. The van der Waals surface area contributed by atoms with Crippen molar-refractivity contribution in [2.45, 2.75) is 13.0 Å². The molecule has 6 heteroatoms. The largest absolute Gasteiger partial charge is 0.383 e. The number of hydrogen-bond acceptors (Lipinski definition) is 5. The maximum absolute atomic E-state index is 11.0. The number of anilines is 1. The lowest BCUT2D eigenvalue weighted by Gasteiger charge is -2.15. The van der Waals surface area contributed by atoms with Crippen LogP contribution in [0.4, 0.5) is 11.4 Å². The van der Waals surface area contributed by atoms with Gasteiger partial charge in [0.15, 0.2) is 0 Å². The highest BCUT2D eigenvalue weighted by Gasteiger charge is 2.15. The number of pyridine rings is 1. The van der Waals surface area contributed by atoms with Crippen LogP contribution >= 0.6 is 0 Å². The van der Waals surface area contributed by atoms with Crippen LogP contribution in [0.1, 0.15) is 6.92 Å². The van der Waals surface area contributed by atoms with Crippen molar-refractivity contribution in [2.75, 3.05) is 19.0 Å². The maximum atomic E-state index is 11.0. The zero-order chi connectivity index (χ0) is 13.8. The number of nitro benzene ring substituents is 1. The number of rotatable bonds is 5. The second kappa shape index (κ2) is 5.62. The zero-order valence-corrected chi connectivity index (χ0v) is 10.8. The van der Waals surface area contributed by atoms with Gasteiger partial charge in [-0.05, 0) is 19.1 Å². The smallest absolute Gasteiger partial charge is 0.278 e. The van der Waals surface area contributed by atoms with Crippen molar-refractivity contribution >= 4 is 22.1 Å². The van der Waals surface area contributed by atoms with E-state index < -0.39 is 4.92 Å². The molecule has 2 aromatic rings. The highest BCUT2D eigenvalue weighted by molar-refractivity contribution is 5.99. The molecule has 0 aliphatic carbocycles. The third kappa shape index (κ3) is 2.79. The summed E-state index contributed by atoms with van der Waals surface area (Å²) < 4.78 is 5.07. The van der Waals surface area contributed by atoms with E-state index in [0.717, 1.165) is 11.1 Å². The second-order valence-corrected chi connectivity index (χ2v) is 4.31. The molecule has 0 bridgehead atoms. The van der Waals surface area contributed by atoms with Crippen LogP contribution in [-0.2, 0) is 4.74 Å². The summed E-state index contributed by atoms with van der Waals surface area (Å²) in [7, 11) is 1.63. The van der Waals surface area contributed by atoms with Crippen molar-refractivity contribution in [1.82, 2.24) is 4.98 Å². The van der Waals surface area contributed by atoms with Crippen molar-refractivity contribution in [2.24, 2.45) is 0 Å². The van der Waals surface area contributed by atoms with Gasteiger partial charge in [-0.1, -0.05) is 0 Å². The standard InChI is InChI=1S/C13H15N3O3/c1-9(8-19-2)15-12-3-4-13(16(17)18)11-7-14-6-5-10(11)12/h3-7,9,15H,8H2,1-2H3/t9-/m0/s1. The molecule has 6 nitrogen and oxygen atoms in total. The molecule has 1 aromatic heterocycles. The molecule has 0 saturated heterocycles. The summed E-state index contributed by atoms with van der Waals surface area (Å²) in [6, 6.07) is 5.09. The molecule has 100 valence electrons. The highest BCUT2D eigenvalue weighted by atomic mass is 16.6. The number of nitrogens with one attached hydrogen (secondary N) is 1. The Kier molecular flexibility index (Phi) is 3.91. The van der Waals surface area contributed by atoms with E-state index in [-0.39, 0.29) is 11.7 Å². The van der Waals surface area contributed by atoms with Crippen LogP contribution in [0.25, 0.3) is 10.8 Å². The molecular formula is C13H15N3O3. The van der Waals surface area contributed by atoms with Gasteiger partial charge in [0.05, 0.1) is 16.9 Å². The number of methoxy groups -OCH3 is 1. The Morgan fingerprint density at radius 3 is 2.89 bits per heavy atom. The van der Waals surface area contributed by atoms with Crippen molar-refractivity contribution in [3.8, 4) is 0 Å². The molecular weight excluding hydrogens is 246 g/mol. The molecule has 1 atom stereocenters. The van der Waals surface area contributed by atoms with Gasteiger partial charge < -0.3 is 10.1 Å². The van der Waals surface area contributed by atoms with Gasteiger partial charge in [0.25, 0.3) is 5.69 Å². The first kappa shape index (κ1) is 13.2. The van der Waals surface area contributed by atoms with Crippen LogP contribution < -0.4 is 5.32 Å². The number of nitro groups is 1. The van der Waals surface area contributed by atoms with Crippen molar-refractivity contribution in [3.63, 3.8) is 0 Å². The van der Waals surface area contributed by atoms with Crippen LogP contribution in [-0.4, -0.2) is 29.7 Å². The number of aromatic nitrogens is 1. The molecule has 1 aromatic carbocycles. The quantitative estimate of drug-likeness (QED) is 0.661. The van der Waals surface area contributed by atoms with Crippen molar-refractivity contribution < 1.29 is 9.66 Å². The second-order valence-electron chi connectivity index (χ2n) is 4.31. The predicted octanol–water partition coefficient (Wildman–Crippen LogP) is 2.59. The fourth-order valence-electron chi connectivity index (χ4n) is 2.02. The summed E-state index contributed by atoms with van der Waals surface area (Å²) in [6.07, 6.45) is 3.14. The molecule has 0 unspecified atom stereocenters. The topological polar surface area (TPSA) is 77.3 Å². The van der Waals surface area contributed by atoms with Gasteiger partial charge in [-0.15, -0.1) is 0 Å². The number of nitrogens with zero attached hydrogens (tertiary/aromatic N) is 2. The van der Waals surface area contributed by atoms with Gasteiger partial charge in [-0.2, -0.15) is 0 Å².